The molecule has 1 unspecified atom stereocenters. The van der Waals surface area contributed by atoms with Crippen molar-refractivity contribution in [3.05, 3.63) is 64.6 Å². The van der Waals surface area contributed by atoms with Crippen LogP contribution in [0.1, 0.15) is 18.6 Å². The zero-order valence-corrected chi connectivity index (χ0v) is 14.4. The summed E-state index contributed by atoms with van der Waals surface area (Å²) in [5.74, 6) is -0.234. The molecule has 0 fully saturated rings. The minimum absolute atomic E-state index is 0.166. The van der Waals surface area contributed by atoms with Gasteiger partial charge in [0.25, 0.3) is 0 Å². The molecule has 2 aromatic rings. The molecular weight excluding hydrogens is 383 g/mol. The molecule has 0 radical (unpaired) electrons. The number of carbonyl (C=O) groups excluding carboxylic acids is 1. The van der Waals surface area contributed by atoms with Gasteiger partial charge in [-0.1, -0.05) is 0 Å². The summed E-state index contributed by atoms with van der Waals surface area (Å²) in [6.45, 7) is 1.46. The van der Waals surface area contributed by atoms with E-state index in [1.807, 2.05) is 42.5 Å². The van der Waals surface area contributed by atoms with E-state index in [0.717, 1.165) is 15.4 Å². The molecule has 4 heteroatoms. The van der Waals surface area contributed by atoms with Gasteiger partial charge in [-0.2, -0.15) is 0 Å². The monoisotopic (exact) mass is 398 g/mol. The van der Waals surface area contributed by atoms with Crippen LogP contribution >= 0.6 is 15.9 Å². The van der Waals surface area contributed by atoms with E-state index in [9.17, 15) is 4.79 Å². The summed E-state index contributed by atoms with van der Waals surface area (Å²) in [6.07, 6.45) is -0.166. The van der Waals surface area contributed by atoms with Crippen molar-refractivity contribution in [2.45, 2.75) is 18.3 Å². The van der Waals surface area contributed by atoms with E-state index in [1.54, 1.807) is 0 Å². The standard InChI is InChI=1S/C16H15BrO2Se/c1-12(18)19-16(13-7-9-14(17)10-8-13)11-20-15-5-3-2-4-6-15/h2-10,16H,11H2,1H3. The van der Waals surface area contributed by atoms with Gasteiger partial charge in [0.2, 0.25) is 0 Å². The molecule has 2 aromatic carbocycles. The zero-order chi connectivity index (χ0) is 14.4. The van der Waals surface area contributed by atoms with Gasteiger partial charge in [0.1, 0.15) is 0 Å². The Kier molecular flexibility index (Phi) is 5.84. The average Bonchev–Trinajstić information content (AvgIpc) is 2.45. The molecule has 0 amide bonds. The first-order valence-corrected chi connectivity index (χ1v) is 9.12. The molecule has 0 aliphatic rings. The Balaban J connectivity index is 2.07. The Bertz CT molecular complexity index is 554. The summed E-state index contributed by atoms with van der Waals surface area (Å²) in [5.41, 5.74) is 1.04. The van der Waals surface area contributed by atoms with Crippen molar-refractivity contribution in [3.63, 3.8) is 0 Å². The van der Waals surface area contributed by atoms with Crippen molar-refractivity contribution in [2.24, 2.45) is 0 Å². The molecule has 0 spiro atoms. The second kappa shape index (κ2) is 7.63. The number of esters is 1. The van der Waals surface area contributed by atoms with Crippen molar-refractivity contribution in [3.8, 4) is 0 Å². The van der Waals surface area contributed by atoms with E-state index in [2.05, 4.69) is 28.1 Å². The van der Waals surface area contributed by atoms with Crippen LogP contribution in [-0.4, -0.2) is 20.9 Å². The average molecular weight is 398 g/mol. The van der Waals surface area contributed by atoms with Gasteiger partial charge in [-0.3, -0.25) is 0 Å². The van der Waals surface area contributed by atoms with Crippen molar-refractivity contribution >= 4 is 41.3 Å². The third-order valence-electron chi connectivity index (χ3n) is 2.69. The first-order chi connectivity index (χ1) is 9.65. The van der Waals surface area contributed by atoms with E-state index in [-0.39, 0.29) is 27.0 Å². The van der Waals surface area contributed by atoms with Crippen LogP contribution in [0.2, 0.25) is 5.32 Å². The normalized spacial score (nSPS) is 11.9. The summed E-state index contributed by atoms with van der Waals surface area (Å²) >= 11 is 3.70. The zero-order valence-electron chi connectivity index (χ0n) is 11.1. The molecule has 0 saturated carbocycles. The maximum absolute atomic E-state index is 11.3. The predicted molar refractivity (Wildman–Crippen MR) is 85.3 cm³/mol. The number of hydrogen-bond acceptors (Lipinski definition) is 2. The van der Waals surface area contributed by atoms with Gasteiger partial charge in [0.05, 0.1) is 0 Å². The van der Waals surface area contributed by atoms with Crippen LogP contribution in [0, 0.1) is 0 Å². The fourth-order valence-electron chi connectivity index (χ4n) is 1.76. The number of ether oxygens (including phenoxy) is 1. The van der Waals surface area contributed by atoms with Crippen molar-refractivity contribution in [1.29, 1.82) is 0 Å². The van der Waals surface area contributed by atoms with E-state index in [4.69, 9.17) is 4.74 Å². The van der Waals surface area contributed by atoms with Gasteiger partial charge in [-0.05, 0) is 0 Å². The molecule has 1 atom stereocenters. The quantitative estimate of drug-likeness (QED) is 0.570. The second-order valence-corrected chi connectivity index (χ2v) is 7.48. The van der Waals surface area contributed by atoms with Gasteiger partial charge in [-0.25, -0.2) is 0 Å². The van der Waals surface area contributed by atoms with Gasteiger partial charge in [0, 0.05) is 0 Å². The molecule has 0 bridgehead atoms. The summed E-state index contributed by atoms with van der Waals surface area (Å²) in [4.78, 5) is 11.3. The van der Waals surface area contributed by atoms with Crippen LogP contribution < -0.4 is 4.46 Å². The molecule has 0 aliphatic heterocycles. The molecule has 0 aromatic heterocycles. The van der Waals surface area contributed by atoms with Crippen LogP contribution in [-0.2, 0) is 9.53 Å². The van der Waals surface area contributed by atoms with Crippen molar-refractivity contribution < 1.29 is 9.53 Å². The fraction of sp³-hybridized carbons (Fsp3) is 0.188. The van der Waals surface area contributed by atoms with E-state index < -0.39 is 0 Å². The third kappa shape index (κ3) is 4.78. The van der Waals surface area contributed by atoms with Crippen molar-refractivity contribution in [1.82, 2.24) is 0 Å². The Morgan fingerprint density at radius 3 is 2.40 bits per heavy atom. The van der Waals surface area contributed by atoms with Crippen LogP contribution in [0.15, 0.2) is 59.1 Å². The Labute approximate surface area is 133 Å². The van der Waals surface area contributed by atoms with Gasteiger partial charge >= 0.3 is 134 Å². The Morgan fingerprint density at radius 2 is 1.80 bits per heavy atom. The van der Waals surface area contributed by atoms with Gasteiger partial charge < -0.3 is 0 Å². The predicted octanol–water partition coefficient (Wildman–Crippen LogP) is 3.50. The number of halogens is 1. The Hall–Kier alpha value is -1.09. The molecule has 104 valence electrons. The number of hydrogen-bond donors (Lipinski definition) is 0. The number of rotatable bonds is 5. The molecular formula is C16H15BrO2Se. The minimum atomic E-state index is -0.234. The van der Waals surface area contributed by atoms with Crippen LogP contribution in [0.3, 0.4) is 0 Å². The number of carbonyl (C=O) groups is 1. The van der Waals surface area contributed by atoms with Gasteiger partial charge in [0.15, 0.2) is 0 Å². The SMILES string of the molecule is CC(=O)OC(C[Se]c1ccccc1)c1ccc(Br)cc1. The molecule has 0 saturated heterocycles. The van der Waals surface area contributed by atoms with E-state index >= 15 is 0 Å². The fourth-order valence-corrected chi connectivity index (χ4v) is 4.03. The third-order valence-corrected chi connectivity index (χ3v) is 5.48. The van der Waals surface area contributed by atoms with Crippen LogP contribution in [0.4, 0.5) is 0 Å². The molecule has 0 N–H and O–H groups in total. The Morgan fingerprint density at radius 1 is 1.15 bits per heavy atom. The topological polar surface area (TPSA) is 26.3 Å². The number of benzene rings is 2. The summed E-state index contributed by atoms with van der Waals surface area (Å²) < 4.78 is 7.80. The van der Waals surface area contributed by atoms with Crippen LogP contribution in [0.5, 0.6) is 0 Å². The maximum atomic E-state index is 11.3. The summed E-state index contributed by atoms with van der Waals surface area (Å²) in [6, 6.07) is 18.3. The summed E-state index contributed by atoms with van der Waals surface area (Å²) in [5, 5.41) is 0.845. The molecule has 0 heterocycles. The van der Waals surface area contributed by atoms with E-state index in [1.165, 1.54) is 11.4 Å². The van der Waals surface area contributed by atoms with Crippen molar-refractivity contribution in [2.75, 3.05) is 0 Å². The first-order valence-electron chi connectivity index (χ1n) is 6.25. The van der Waals surface area contributed by atoms with Crippen LogP contribution in [0.25, 0.3) is 0 Å². The second-order valence-electron chi connectivity index (χ2n) is 4.27. The summed E-state index contributed by atoms with van der Waals surface area (Å²) in [7, 11) is 0. The molecule has 2 rings (SSSR count). The van der Waals surface area contributed by atoms with E-state index in [0.29, 0.717) is 0 Å². The van der Waals surface area contributed by atoms with Gasteiger partial charge in [-0.15, -0.1) is 0 Å². The molecule has 2 nitrogen and oxygen atoms in total. The molecule has 0 aliphatic carbocycles. The first kappa shape index (κ1) is 15.3. The molecule has 20 heavy (non-hydrogen) atoms.